The molecular weight excluding hydrogens is 315 g/mol. The molecular formula is C21H23FN2O. The number of nitrogens with one attached hydrogen (secondary N) is 1. The van der Waals surface area contributed by atoms with Crippen LogP contribution in [0.15, 0.2) is 36.4 Å². The summed E-state index contributed by atoms with van der Waals surface area (Å²) in [6, 6.07) is 10.9. The Morgan fingerprint density at radius 1 is 1.16 bits per heavy atom. The van der Waals surface area contributed by atoms with Crippen LogP contribution in [-0.4, -0.2) is 19.0 Å². The lowest BCUT2D eigenvalue weighted by Gasteiger charge is -2.23. The molecule has 1 unspecified atom stereocenters. The fourth-order valence-electron chi connectivity index (χ4n) is 4.02. The molecule has 1 fully saturated rings. The van der Waals surface area contributed by atoms with Crippen molar-refractivity contribution in [1.29, 1.82) is 0 Å². The van der Waals surface area contributed by atoms with Crippen molar-refractivity contribution in [2.24, 2.45) is 0 Å². The van der Waals surface area contributed by atoms with Gasteiger partial charge in [-0.3, -0.25) is 4.79 Å². The minimum atomic E-state index is -0.242. The normalized spacial score (nSPS) is 19.1. The lowest BCUT2D eigenvalue weighted by molar-refractivity contribution is 0.0937. The molecule has 130 valence electrons. The van der Waals surface area contributed by atoms with Crippen LogP contribution in [0, 0.1) is 12.7 Å². The highest BCUT2D eigenvalue weighted by Gasteiger charge is 2.26. The van der Waals surface area contributed by atoms with Gasteiger partial charge in [-0.2, -0.15) is 0 Å². The fraction of sp³-hybridized carbons (Fsp3) is 0.381. The van der Waals surface area contributed by atoms with E-state index in [0.29, 0.717) is 0 Å². The second kappa shape index (κ2) is 6.51. The number of rotatable bonds is 3. The predicted molar refractivity (Wildman–Crippen MR) is 97.6 cm³/mol. The maximum Gasteiger partial charge on any atom is 0.253 e. The van der Waals surface area contributed by atoms with Gasteiger partial charge in [0.2, 0.25) is 0 Å². The first kappa shape index (κ1) is 16.1. The van der Waals surface area contributed by atoms with Gasteiger partial charge in [0.1, 0.15) is 5.82 Å². The van der Waals surface area contributed by atoms with Crippen molar-refractivity contribution in [2.45, 2.75) is 38.6 Å². The highest BCUT2D eigenvalue weighted by Crippen LogP contribution is 2.33. The lowest BCUT2D eigenvalue weighted by Crippen LogP contribution is -2.30. The number of carbonyl (C=O) groups is 1. The van der Waals surface area contributed by atoms with E-state index in [1.54, 1.807) is 6.07 Å². The Morgan fingerprint density at radius 2 is 1.96 bits per heavy atom. The van der Waals surface area contributed by atoms with Crippen LogP contribution in [0.2, 0.25) is 0 Å². The third-order valence-electron chi connectivity index (χ3n) is 5.33. The van der Waals surface area contributed by atoms with Gasteiger partial charge in [0.15, 0.2) is 0 Å². The molecule has 25 heavy (non-hydrogen) atoms. The van der Waals surface area contributed by atoms with Gasteiger partial charge in [-0.1, -0.05) is 17.7 Å². The molecule has 0 spiro atoms. The Balaban J connectivity index is 1.60. The fourth-order valence-corrected chi connectivity index (χ4v) is 4.02. The number of halogens is 1. The monoisotopic (exact) mass is 338 g/mol. The summed E-state index contributed by atoms with van der Waals surface area (Å²) in [7, 11) is 0. The highest BCUT2D eigenvalue weighted by atomic mass is 19.1. The van der Waals surface area contributed by atoms with E-state index in [2.05, 4.69) is 22.3 Å². The number of fused-ring (bicyclic) bond motifs is 1. The lowest BCUT2D eigenvalue weighted by atomic mass is 10.0. The Bertz CT molecular complexity index is 812. The number of hydrogen-bond acceptors (Lipinski definition) is 2. The Kier molecular flexibility index (Phi) is 4.20. The van der Waals surface area contributed by atoms with Crippen LogP contribution in [0.4, 0.5) is 10.1 Å². The van der Waals surface area contributed by atoms with Crippen molar-refractivity contribution in [3.8, 4) is 0 Å². The Labute approximate surface area is 147 Å². The molecule has 0 saturated carbocycles. The molecule has 0 bridgehead atoms. The molecule has 0 radical (unpaired) electrons. The van der Waals surface area contributed by atoms with E-state index >= 15 is 0 Å². The van der Waals surface area contributed by atoms with Gasteiger partial charge in [-0.15, -0.1) is 0 Å². The SMILES string of the molecule is Cc1ccc(N2CCCC2)c(C(=O)NC2CCc3ccc(F)cc32)c1. The van der Waals surface area contributed by atoms with E-state index in [1.807, 2.05) is 19.1 Å². The van der Waals surface area contributed by atoms with E-state index in [9.17, 15) is 9.18 Å². The van der Waals surface area contributed by atoms with E-state index in [4.69, 9.17) is 0 Å². The first-order valence-corrected chi connectivity index (χ1v) is 9.06. The molecule has 1 aliphatic carbocycles. The molecule has 2 aliphatic rings. The third-order valence-corrected chi connectivity index (χ3v) is 5.33. The largest absolute Gasteiger partial charge is 0.371 e. The number of nitrogens with zero attached hydrogens (tertiary/aromatic N) is 1. The summed E-state index contributed by atoms with van der Waals surface area (Å²) in [5.74, 6) is -0.305. The number of hydrogen-bond donors (Lipinski definition) is 1. The van der Waals surface area contributed by atoms with Crippen LogP contribution < -0.4 is 10.2 Å². The zero-order valence-electron chi connectivity index (χ0n) is 14.5. The number of benzene rings is 2. The molecule has 1 atom stereocenters. The van der Waals surface area contributed by atoms with Gasteiger partial charge in [-0.25, -0.2) is 4.39 Å². The van der Waals surface area contributed by atoms with Crippen LogP contribution in [0.5, 0.6) is 0 Å². The summed E-state index contributed by atoms with van der Waals surface area (Å²) in [6.45, 7) is 4.01. The minimum Gasteiger partial charge on any atom is -0.371 e. The van der Waals surface area contributed by atoms with Crippen molar-refractivity contribution in [2.75, 3.05) is 18.0 Å². The summed E-state index contributed by atoms with van der Waals surface area (Å²) in [5.41, 5.74) is 4.87. The van der Waals surface area contributed by atoms with Crippen molar-refractivity contribution < 1.29 is 9.18 Å². The van der Waals surface area contributed by atoms with Crippen molar-refractivity contribution in [1.82, 2.24) is 5.32 Å². The molecule has 3 nitrogen and oxygen atoms in total. The molecule has 4 rings (SSSR count). The van der Waals surface area contributed by atoms with E-state index in [1.165, 1.54) is 18.9 Å². The number of aryl methyl sites for hydroxylation is 2. The van der Waals surface area contributed by atoms with Crippen LogP contribution >= 0.6 is 0 Å². The summed E-state index contributed by atoms with van der Waals surface area (Å²) in [5, 5.41) is 3.14. The molecule has 1 amide bonds. The molecule has 2 aromatic carbocycles. The number of carbonyl (C=O) groups excluding carboxylic acids is 1. The Hall–Kier alpha value is -2.36. The molecule has 1 heterocycles. The predicted octanol–water partition coefficient (Wildman–Crippen LogP) is 4.15. The second-order valence-electron chi connectivity index (χ2n) is 7.12. The van der Waals surface area contributed by atoms with E-state index in [-0.39, 0.29) is 17.8 Å². The topological polar surface area (TPSA) is 32.3 Å². The third kappa shape index (κ3) is 3.13. The number of amides is 1. The molecule has 0 aromatic heterocycles. The average molecular weight is 338 g/mol. The Morgan fingerprint density at radius 3 is 2.76 bits per heavy atom. The van der Waals surface area contributed by atoms with Gasteiger partial charge in [0.05, 0.1) is 11.6 Å². The quantitative estimate of drug-likeness (QED) is 0.912. The van der Waals surface area contributed by atoms with Crippen LogP contribution in [0.3, 0.4) is 0 Å². The number of anilines is 1. The maximum atomic E-state index is 13.6. The maximum absolute atomic E-state index is 13.6. The van der Waals surface area contributed by atoms with Gasteiger partial charge in [-0.05, 0) is 68.0 Å². The van der Waals surface area contributed by atoms with Crippen LogP contribution in [0.1, 0.15) is 52.4 Å². The molecule has 1 N–H and O–H groups in total. The van der Waals surface area contributed by atoms with Gasteiger partial charge in [0, 0.05) is 18.8 Å². The van der Waals surface area contributed by atoms with Gasteiger partial charge in [0.25, 0.3) is 5.91 Å². The standard InChI is InChI=1S/C21H23FN2O/c1-14-4-9-20(24-10-2-3-11-24)18(12-14)21(25)23-19-8-6-15-5-7-16(22)13-17(15)19/h4-5,7,9,12-13,19H,2-3,6,8,10-11H2,1H3,(H,23,25). The van der Waals surface area contributed by atoms with Crippen molar-refractivity contribution in [3.63, 3.8) is 0 Å². The van der Waals surface area contributed by atoms with Gasteiger partial charge < -0.3 is 10.2 Å². The molecule has 2 aromatic rings. The molecule has 1 saturated heterocycles. The van der Waals surface area contributed by atoms with Crippen LogP contribution in [0.25, 0.3) is 0 Å². The second-order valence-corrected chi connectivity index (χ2v) is 7.12. The zero-order chi connectivity index (χ0) is 17.4. The first-order valence-electron chi connectivity index (χ1n) is 9.06. The summed E-state index contributed by atoms with van der Waals surface area (Å²) in [6.07, 6.45) is 4.05. The van der Waals surface area contributed by atoms with Crippen LogP contribution in [-0.2, 0) is 6.42 Å². The highest BCUT2D eigenvalue weighted by molar-refractivity contribution is 6.00. The van der Waals surface area contributed by atoms with Gasteiger partial charge >= 0.3 is 0 Å². The zero-order valence-corrected chi connectivity index (χ0v) is 14.5. The van der Waals surface area contributed by atoms with E-state index in [0.717, 1.165) is 53.9 Å². The van der Waals surface area contributed by atoms with Crippen molar-refractivity contribution in [3.05, 3.63) is 64.5 Å². The summed E-state index contributed by atoms with van der Waals surface area (Å²) in [4.78, 5) is 15.3. The summed E-state index contributed by atoms with van der Waals surface area (Å²) < 4.78 is 13.6. The molecule has 4 heteroatoms. The first-order chi connectivity index (χ1) is 12.1. The average Bonchev–Trinajstić information content (AvgIpc) is 3.25. The minimum absolute atomic E-state index is 0.0623. The summed E-state index contributed by atoms with van der Waals surface area (Å²) >= 11 is 0. The molecule has 1 aliphatic heterocycles. The smallest absolute Gasteiger partial charge is 0.253 e. The van der Waals surface area contributed by atoms with E-state index < -0.39 is 0 Å². The van der Waals surface area contributed by atoms with Crippen molar-refractivity contribution >= 4 is 11.6 Å².